The lowest BCUT2D eigenvalue weighted by molar-refractivity contribution is -0.117. The molecule has 4 heterocycles. The summed E-state index contributed by atoms with van der Waals surface area (Å²) in [5, 5.41) is 4.52. The van der Waals surface area contributed by atoms with Crippen LogP contribution in [0.5, 0.6) is 0 Å². The summed E-state index contributed by atoms with van der Waals surface area (Å²) in [5.41, 5.74) is 2.22. The number of carbonyl (C=O) groups excluding carboxylic acids is 1. The average Bonchev–Trinajstić information content (AvgIpc) is 3.32. The molecule has 0 N–H and O–H groups in total. The Morgan fingerprint density at radius 1 is 1.29 bits per heavy atom. The molecule has 24 heavy (non-hydrogen) atoms. The van der Waals surface area contributed by atoms with E-state index in [0.717, 1.165) is 51.1 Å². The normalized spacial score (nSPS) is 22.0. The van der Waals surface area contributed by atoms with E-state index in [-0.39, 0.29) is 5.91 Å². The summed E-state index contributed by atoms with van der Waals surface area (Å²) in [5.74, 6) is 0.221. The second-order valence-corrected chi connectivity index (χ2v) is 6.82. The maximum atomic E-state index is 11.9. The molecule has 128 valence electrons. The molecule has 0 bridgehead atoms. The minimum absolute atomic E-state index is 0.221. The Morgan fingerprint density at radius 3 is 2.96 bits per heavy atom. The Kier molecular flexibility index (Phi) is 4.10. The molecular formula is C17H24N6O. The van der Waals surface area contributed by atoms with E-state index in [9.17, 15) is 4.79 Å². The van der Waals surface area contributed by atoms with Crippen LogP contribution in [-0.2, 0) is 18.3 Å². The van der Waals surface area contributed by atoms with Crippen molar-refractivity contribution in [3.8, 4) is 0 Å². The van der Waals surface area contributed by atoms with E-state index in [0.29, 0.717) is 12.5 Å². The van der Waals surface area contributed by atoms with Gasteiger partial charge in [0.2, 0.25) is 5.91 Å². The largest absolute Gasteiger partial charge is 0.338 e. The van der Waals surface area contributed by atoms with Gasteiger partial charge in [-0.3, -0.25) is 9.48 Å². The maximum Gasteiger partial charge on any atom is 0.227 e. The van der Waals surface area contributed by atoms with Gasteiger partial charge in [0.1, 0.15) is 0 Å². The lowest BCUT2D eigenvalue weighted by atomic mass is 10.3. The van der Waals surface area contributed by atoms with Gasteiger partial charge in [0.25, 0.3) is 0 Å². The van der Waals surface area contributed by atoms with Gasteiger partial charge in [-0.1, -0.05) is 0 Å². The van der Waals surface area contributed by atoms with Crippen LogP contribution in [0.4, 0.5) is 5.69 Å². The Bertz CT molecular complexity index is 720. The minimum atomic E-state index is 0.221. The van der Waals surface area contributed by atoms with Crippen LogP contribution < -0.4 is 4.90 Å². The van der Waals surface area contributed by atoms with Crippen LogP contribution in [0.1, 0.15) is 31.0 Å². The molecule has 0 radical (unpaired) electrons. The smallest absolute Gasteiger partial charge is 0.227 e. The van der Waals surface area contributed by atoms with Crippen molar-refractivity contribution in [1.29, 1.82) is 0 Å². The maximum absolute atomic E-state index is 11.9. The molecule has 1 amide bonds. The first-order valence-corrected chi connectivity index (χ1v) is 8.73. The topological polar surface area (TPSA) is 59.2 Å². The molecule has 2 aliphatic rings. The predicted molar refractivity (Wildman–Crippen MR) is 90.8 cm³/mol. The predicted octanol–water partition coefficient (Wildman–Crippen LogP) is 1.23. The highest BCUT2D eigenvalue weighted by Crippen LogP contribution is 2.25. The van der Waals surface area contributed by atoms with Gasteiger partial charge in [-0.25, -0.2) is 4.98 Å². The number of rotatable bonds is 5. The first kappa shape index (κ1) is 15.4. The Hall–Kier alpha value is -2.15. The van der Waals surface area contributed by atoms with Gasteiger partial charge in [0.15, 0.2) is 0 Å². The van der Waals surface area contributed by atoms with Gasteiger partial charge in [-0.05, 0) is 12.8 Å². The highest BCUT2D eigenvalue weighted by Gasteiger charge is 2.27. The van der Waals surface area contributed by atoms with E-state index in [4.69, 9.17) is 0 Å². The standard InChI is InChI=1S/C17H24N6O/c1-20-13-18-9-14(20)4-7-21-8-5-15(11-21)23-12-16(10-19-23)22-6-2-3-17(22)24/h9-10,12-13,15H,2-8,11H2,1H3. The van der Waals surface area contributed by atoms with Crippen LogP contribution >= 0.6 is 0 Å². The number of aromatic nitrogens is 4. The van der Waals surface area contributed by atoms with E-state index in [1.807, 2.05) is 41.5 Å². The number of aryl methyl sites for hydroxylation is 1. The fraction of sp³-hybridized carbons (Fsp3) is 0.588. The molecular weight excluding hydrogens is 304 g/mol. The third-order valence-corrected chi connectivity index (χ3v) is 5.20. The van der Waals surface area contributed by atoms with Crippen LogP contribution in [0, 0.1) is 0 Å². The third kappa shape index (κ3) is 2.96. The summed E-state index contributed by atoms with van der Waals surface area (Å²) < 4.78 is 4.13. The molecule has 2 saturated heterocycles. The summed E-state index contributed by atoms with van der Waals surface area (Å²) in [7, 11) is 2.04. The third-order valence-electron chi connectivity index (χ3n) is 5.20. The fourth-order valence-electron chi connectivity index (χ4n) is 3.72. The van der Waals surface area contributed by atoms with Crippen LogP contribution in [0.15, 0.2) is 24.9 Å². The van der Waals surface area contributed by atoms with Gasteiger partial charge in [0, 0.05) is 64.2 Å². The van der Waals surface area contributed by atoms with E-state index < -0.39 is 0 Å². The molecule has 2 fully saturated rings. The van der Waals surface area contributed by atoms with Crippen molar-refractivity contribution in [3.05, 3.63) is 30.6 Å². The molecule has 1 unspecified atom stereocenters. The SMILES string of the molecule is Cn1cncc1CCN1CCC(n2cc(N3CCCC3=O)cn2)C1. The molecule has 0 spiro atoms. The molecule has 4 rings (SSSR count). The van der Waals surface area contributed by atoms with E-state index in [1.54, 1.807) is 0 Å². The van der Waals surface area contributed by atoms with Crippen molar-refractivity contribution in [1.82, 2.24) is 24.2 Å². The fourth-order valence-corrected chi connectivity index (χ4v) is 3.72. The first-order valence-electron chi connectivity index (χ1n) is 8.73. The lowest BCUT2D eigenvalue weighted by Crippen LogP contribution is -2.25. The Labute approximate surface area is 141 Å². The molecule has 0 aliphatic carbocycles. The van der Waals surface area contributed by atoms with Crippen molar-refractivity contribution < 1.29 is 4.79 Å². The van der Waals surface area contributed by atoms with Crippen molar-refractivity contribution in [2.75, 3.05) is 31.1 Å². The van der Waals surface area contributed by atoms with Crippen LogP contribution in [0.25, 0.3) is 0 Å². The van der Waals surface area contributed by atoms with Crippen molar-refractivity contribution >= 4 is 11.6 Å². The van der Waals surface area contributed by atoms with Crippen molar-refractivity contribution in [2.24, 2.45) is 7.05 Å². The molecule has 2 aliphatic heterocycles. The molecule has 1 atom stereocenters. The molecule has 2 aromatic heterocycles. The number of anilines is 1. The van der Waals surface area contributed by atoms with Crippen molar-refractivity contribution in [2.45, 2.75) is 31.7 Å². The molecule has 7 heteroatoms. The van der Waals surface area contributed by atoms with Crippen LogP contribution in [0.3, 0.4) is 0 Å². The summed E-state index contributed by atoms with van der Waals surface area (Å²) in [4.78, 5) is 20.4. The lowest BCUT2D eigenvalue weighted by Gasteiger charge is -2.16. The van der Waals surface area contributed by atoms with E-state index >= 15 is 0 Å². The van der Waals surface area contributed by atoms with Gasteiger partial charge in [-0.2, -0.15) is 5.10 Å². The Balaban J connectivity index is 1.34. The highest BCUT2D eigenvalue weighted by atomic mass is 16.2. The zero-order chi connectivity index (χ0) is 16.5. The molecule has 0 aromatic carbocycles. The Morgan fingerprint density at radius 2 is 2.21 bits per heavy atom. The number of carbonyl (C=O) groups is 1. The van der Waals surface area contributed by atoms with Crippen LogP contribution in [0.2, 0.25) is 0 Å². The molecule has 7 nitrogen and oxygen atoms in total. The second-order valence-electron chi connectivity index (χ2n) is 6.82. The number of likely N-dealkylation sites (tertiary alicyclic amines) is 1. The summed E-state index contributed by atoms with van der Waals surface area (Å²) >= 11 is 0. The summed E-state index contributed by atoms with van der Waals surface area (Å²) in [6.07, 6.45) is 11.4. The van der Waals surface area contributed by atoms with Crippen molar-refractivity contribution in [3.63, 3.8) is 0 Å². The monoisotopic (exact) mass is 328 g/mol. The number of amides is 1. The highest BCUT2D eigenvalue weighted by molar-refractivity contribution is 5.95. The minimum Gasteiger partial charge on any atom is -0.338 e. The van der Waals surface area contributed by atoms with Gasteiger partial charge < -0.3 is 14.4 Å². The zero-order valence-corrected chi connectivity index (χ0v) is 14.1. The van der Waals surface area contributed by atoms with E-state index in [1.165, 1.54) is 5.69 Å². The molecule has 0 saturated carbocycles. The number of imidazole rings is 1. The zero-order valence-electron chi connectivity index (χ0n) is 14.1. The quantitative estimate of drug-likeness (QED) is 0.828. The second kappa shape index (κ2) is 6.39. The van der Waals surface area contributed by atoms with Gasteiger partial charge in [0.05, 0.1) is 24.3 Å². The molecule has 2 aromatic rings. The summed E-state index contributed by atoms with van der Waals surface area (Å²) in [6.45, 7) is 3.99. The van der Waals surface area contributed by atoms with E-state index in [2.05, 4.69) is 19.5 Å². The van der Waals surface area contributed by atoms with Crippen LogP contribution in [-0.4, -0.2) is 56.3 Å². The average molecular weight is 328 g/mol. The first-order chi connectivity index (χ1) is 11.7. The number of nitrogens with zero attached hydrogens (tertiary/aromatic N) is 6. The number of hydrogen-bond donors (Lipinski definition) is 0. The van der Waals surface area contributed by atoms with Gasteiger partial charge >= 0.3 is 0 Å². The van der Waals surface area contributed by atoms with Gasteiger partial charge in [-0.15, -0.1) is 0 Å². The number of hydrogen-bond acceptors (Lipinski definition) is 4. The summed E-state index contributed by atoms with van der Waals surface area (Å²) in [6, 6.07) is 0.406.